The molecule has 0 bridgehead atoms. The Balaban J connectivity index is 1.38. The van der Waals surface area contributed by atoms with Gasteiger partial charge in [0.25, 0.3) is 0 Å². The van der Waals surface area contributed by atoms with E-state index < -0.39 is 0 Å². The van der Waals surface area contributed by atoms with E-state index in [0.29, 0.717) is 6.04 Å². The zero-order valence-electron chi connectivity index (χ0n) is 13.4. The molecule has 1 aromatic rings. The molecule has 0 amide bonds. The Hall–Kier alpha value is -0.870. The number of nitrogens with zero attached hydrogens (tertiary/aromatic N) is 3. The first-order chi connectivity index (χ1) is 10.4. The van der Waals surface area contributed by atoms with Gasteiger partial charge >= 0.3 is 0 Å². The number of nitrogens with one attached hydrogen (secondary N) is 1. The van der Waals surface area contributed by atoms with Gasteiger partial charge < -0.3 is 5.32 Å². The summed E-state index contributed by atoms with van der Waals surface area (Å²) in [6.07, 6.45) is 11.7. The minimum Gasteiger partial charge on any atom is -0.310 e. The molecule has 118 valence electrons. The minimum absolute atomic E-state index is 0.651. The Labute approximate surface area is 128 Å². The van der Waals surface area contributed by atoms with Gasteiger partial charge in [-0.2, -0.15) is 5.10 Å². The smallest absolute Gasteiger partial charge is 0.0762 e. The van der Waals surface area contributed by atoms with Crippen molar-refractivity contribution in [3.63, 3.8) is 0 Å². The fourth-order valence-electron chi connectivity index (χ4n) is 3.50. The van der Waals surface area contributed by atoms with Gasteiger partial charge in [0.1, 0.15) is 0 Å². The summed E-state index contributed by atoms with van der Waals surface area (Å²) in [5.74, 6) is 0. The molecular weight excluding hydrogens is 260 g/mol. The Morgan fingerprint density at radius 3 is 2.76 bits per heavy atom. The molecule has 21 heavy (non-hydrogen) atoms. The van der Waals surface area contributed by atoms with Crippen LogP contribution in [0.2, 0.25) is 0 Å². The van der Waals surface area contributed by atoms with Crippen molar-refractivity contribution >= 4 is 0 Å². The van der Waals surface area contributed by atoms with Gasteiger partial charge in [-0.1, -0.05) is 26.2 Å². The Morgan fingerprint density at radius 1 is 1.24 bits per heavy atom. The lowest BCUT2D eigenvalue weighted by atomic mass is 9.96. The van der Waals surface area contributed by atoms with Crippen LogP contribution in [-0.2, 0) is 6.54 Å². The quantitative estimate of drug-likeness (QED) is 0.747. The Bertz CT molecular complexity index is 418. The molecule has 1 N–H and O–H groups in total. The van der Waals surface area contributed by atoms with Crippen molar-refractivity contribution in [3.05, 3.63) is 18.0 Å². The van der Waals surface area contributed by atoms with Crippen LogP contribution in [0.3, 0.4) is 0 Å². The molecule has 0 unspecified atom stereocenters. The average Bonchev–Trinajstić information content (AvgIpc) is 3.26. The van der Waals surface area contributed by atoms with Crippen molar-refractivity contribution in [2.75, 3.05) is 19.6 Å². The van der Waals surface area contributed by atoms with Crippen LogP contribution in [0.1, 0.15) is 63.6 Å². The lowest BCUT2D eigenvalue weighted by Gasteiger charge is -2.21. The topological polar surface area (TPSA) is 33.1 Å². The van der Waals surface area contributed by atoms with E-state index in [1.807, 2.05) is 0 Å². The van der Waals surface area contributed by atoms with Crippen LogP contribution in [0.4, 0.5) is 0 Å². The third kappa shape index (κ3) is 4.30. The van der Waals surface area contributed by atoms with Gasteiger partial charge in [-0.3, -0.25) is 9.58 Å². The Kier molecular flexibility index (Phi) is 5.31. The van der Waals surface area contributed by atoms with E-state index in [1.165, 1.54) is 63.7 Å². The van der Waals surface area contributed by atoms with Crippen molar-refractivity contribution < 1.29 is 0 Å². The molecule has 4 nitrogen and oxygen atoms in total. The molecule has 0 radical (unpaired) electrons. The van der Waals surface area contributed by atoms with Crippen LogP contribution >= 0.6 is 0 Å². The highest BCUT2D eigenvalue weighted by atomic mass is 15.3. The Morgan fingerprint density at radius 2 is 2.05 bits per heavy atom. The van der Waals surface area contributed by atoms with E-state index in [4.69, 9.17) is 5.10 Å². The lowest BCUT2D eigenvalue weighted by molar-refractivity contribution is 0.276. The molecule has 0 atom stereocenters. The van der Waals surface area contributed by atoms with Crippen LogP contribution in [0, 0.1) is 0 Å². The molecule has 0 spiro atoms. The highest BCUT2D eigenvalue weighted by Crippen LogP contribution is 2.27. The molecule has 3 rings (SSSR count). The predicted octanol–water partition coefficient (Wildman–Crippen LogP) is 2.96. The van der Waals surface area contributed by atoms with Gasteiger partial charge in [0.15, 0.2) is 0 Å². The first-order valence-electron chi connectivity index (χ1n) is 8.85. The summed E-state index contributed by atoms with van der Waals surface area (Å²) in [4.78, 5) is 2.59. The molecule has 0 aliphatic heterocycles. The monoisotopic (exact) mass is 290 g/mol. The molecule has 2 saturated carbocycles. The maximum absolute atomic E-state index is 4.76. The molecule has 1 heterocycles. The molecule has 1 aromatic heterocycles. The number of rotatable bonds is 8. The maximum atomic E-state index is 4.76. The summed E-state index contributed by atoms with van der Waals surface area (Å²) in [6.45, 7) is 6.60. The summed E-state index contributed by atoms with van der Waals surface area (Å²) in [7, 11) is 0. The third-order valence-electron chi connectivity index (χ3n) is 4.96. The maximum Gasteiger partial charge on any atom is 0.0762 e. The number of hydrogen-bond donors (Lipinski definition) is 1. The second-order valence-corrected chi connectivity index (χ2v) is 6.62. The first-order valence-corrected chi connectivity index (χ1v) is 8.85. The second kappa shape index (κ2) is 7.41. The molecule has 0 saturated heterocycles. The fourth-order valence-corrected chi connectivity index (χ4v) is 3.50. The summed E-state index contributed by atoms with van der Waals surface area (Å²) in [5.41, 5.74) is 1.19. The zero-order valence-corrected chi connectivity index (χ0v) is 13.4. The summed E-state index contributed by atoms with van der Waals surface area (Å²) in [6, 6.07) is 3.71. The third-order valence-corrected chi connectivity index (χ3v) is 4.96. The van der Waals surface area contributed by atoms with Crippen molar-refractivity contribution in [2.24, 2.45) is 0 Å². The second-order valence-electron chi connectivity index (χ2n) is 6.62. The van der Waals surface area contributed by atoms with E-state index >= 15 is 0 Å². The summed E-state index contributed by atoms with van der Waals surface area (Å²) >= 11 is 0. The molecule has 2 aliphatic rings. The van der Waals surface area contributed by atoms with Gasteiger partial charge in [-0.25, -0.2) is 0 Å². The largest absolute Gasteiger partial charge is 0.310 e. The van der Waals surface area contributed by atoms with Gasteiger partial charge in [-0.15, -0.1) is 0 Å². The van der Waals surface area contributed by atoms with Gasteiger partial charge in [-0.05, 0) is 38.3 Å². The van der Waals surface area contributed by atoms with E-state index in [1.54, 1.807) is 0 Å². The van der Waals surface area contributed by atoms with Crippen LogP contribution < -0.4 is 5.32 Å². The summed E-state index contributed by atoms with van der Waals surface area (Å²) < 4.78 is 2.21. The molecule has 0 aromatic carbocycles. The molecule has 4 heteroatoms. The average molecular weight is 290 g/mol. The SMILES string of the molecule is CCN(CCNCc1ccn(C2CCCCC2)n1)C1CC1. The fraction of sp³-hybridized carbons (Fsp3) is 0.824. The normalized spacial score (nSPS) is 20.3. The van der Waals surface area contributed by atoms with E-state index in [0.717, 1.165) is 19.1 Å². The molecule has 2 aliphatic carbocycles. The first kappa shape index (κ1) is 15.0. The van der Waals surface area contributed by atoms with Crippen molar-refractivity contribution in [2.45, 2.75) is 70.5 Å². The van der Waals surface area contributed by atoms with Gasteiger partial charge in [0.05, 0.1) is 11.7 Å². The van der Waals surface area contributed by atoms with Crippen LogP contribution in [0.15, 0.2) is 12.3 Å². The molecule has 2 fully saturated rings. The lowest BCUT2D eigenvalue weighted by Crippen LogP contribution is -2.33. The highest BCUT2D eigenvalue weighted by Gasteiger charge is 2.27. The van der Waals surface area contributed by atoms with E-state index in [-0.39, 0.29) is 0 Å². The number of aromatic nitrogens is 2. The summed E-state index contributed by atoms with van der Waals surface area (Å²) in [5, 5.41) is 8.31. The standard InChI is InChI=1S/C17H30N4/c1-2-20(16-8-9-16)13-11-18-14-15-10-12-21(19-15)17-6-4-3-5-7-17/h10,12,16-18H,2-9,11,13-14H2,1H3. The van der Waals surface area contributed by atoms with Gasteiger partial charge in [0, 0.05) is 31.9 Å². The van der Waals surface area contributed by atoms with E-state index in [9.17, 15) is 0 Å². The van der Waals surface area contributed by atoms with Crippen molar-refractivity contribution in [3.8, 4) is 0 Å². The number of likely N-dealkylation sites (N-methyl/N-ethyl adjacent to an activating group) is 1. The number of hydrogen-bond acceptors (Lipinski definition) is 3. The minimum atomic E-state index is 0.651. The van der Waals surface area contributed by atoms with E-state index in [2.05, 4.69) is 34.1 Å². The van der Waals surface area contributed by atoms with Crippen molar-refractivity contribution in [1.82, 2.24) is 20.0 Å². The van der Waals surface area contributed by atoms with Crippen LogP contribution in [0.5, 0.6) is 0 Å². The van der Waals surface area contributed by atoms with Crippen LogP contribution in [0.25, 0.3) is 0 Å². The van der Waals surface area contributed by atoms with Gasteiger partial charge in [0.2, 0.25) is 0 Å². The van der Waals surface area contributed by atoms with Crippen LogP contribution in [-0.4, -0.2) is 40.4 Å². The molecular formula is C17H30N4. The predicted molar refractivity (Wildman–Crippen MR) is 86.3 cm³/mol. The zero-order chi connectivity index (χ0) is 14.5. The highest BCUT2D eigenvalue weighted by molar-refractivity contribution is 4.99. The van der Waals surface area contributed by atoms with Crippen molar-refractivity contribution in [1.29, 1.82) is 0 Å².